The zero-order chi connectivity index (χ0) is 10.9. The number of hydrogen-bond donors (Lipinski definition) is 1. The third-order valence-electron chi connectivity index (χ3n) is 3.11. The van der Waals surface area contributed by atoms with Gasteiger partial charge in [-0.05, 0) is 31.0 Å². The summed E-state index contributed by atoms with van der Waals surface area (Å²) in [6.45, 7) is 2.90. The lowest BCUT2D eigenvalue weighted by atomic mass is 9.89. The van der Waals surface area contributed by atoms with E-state index in [1.807, 2.05) is 24.3 Å². The fourth-order valence-corrected chi connectivity index (χ4v) is 2.16. The molecule has 0 saturated carbocycles. The summed E-state index contributed by atoms with van der Waals surface area (Å²) in [5, 5.41) is 3.82. The molecule has 15 heavy (non-hydrogen) atoms. The molecule has 1 N–H and O–H groups in total. The molecule has 1 aliphatic rings. The fourth-order valence-electron chi connectivity index (χ4n) is 2.04. The Morgan fingerprint density at radius 1 is 1.47 bits per heavy atom. The standard InChI is InChI=1S/C12H15ClFN/c1-12(14)8-15-7-10(12)6-9-2-4-11(13)5-3-9/h2-5,10,15H,6-8H2,1H3. The second-order valence-corrected chi connectivity index (χ2v) is 4.87. The Bertz CT molecular complexity index is 334. The zero-order valence-electron chi connectivity index (χ0n) is 8.76. The first-order valence-corrected chi connectivity index (χ1v) is 5.60. The molecule has 3 heteroatoms. The smallest absolute Gasteiger partial charge is 0.124 e. The van der Waals surface area contributed by atoms with E-state index in [1.54, 1.807) is 6.92 Å². The SMILES string of the molecule is CC1(F)CNCC1Cc1ccc(Cl)cc1. The Morgan fingerprint density at radius 2 is 2.13 bits per heavy atom. The minimum Gasteiger partial charge on any atom is -0.313 e. The first kappa shape index (κ1) is 10.9. The van der Waals surface area contributed by atoms with Crippen LogP contribution in [0.25, 0.3) is 0 Å². The van der Waals surface area contributed by atoms with Gasteiger partial charge in [-0.3, -0.25) is 0 Å². The predicted octanol–water partition coefficient (Wildman–Crippen LogP) is 2.83. The van der Waals surface area contributed by atoms with E-state index in [4.69, 9.17) is 11.6 Å². The largest absolute Gasteiger partial charge is 0.313 e. The maximum absolute atomic E-state index is 14.0. The maximum atomic E-state index is 14.0. The molecular formula is C12H15ClFN. The van der Waals surface area contributed by atoms with Gasteiger partial charge in [0.2, 0.25) is 0 Å². The molecule has 1 saturated heterocycles. The number of hydrogen-bond acceptors (Lipinski definition) is 1. The van der Waals surface area contributed by atoms with Gasteiger partial charge in [0, 0.05) is 24.0 Å². The summed E-state index contributed by atoms with van der Waals surface area (Å²) in [5.74, 6) is 0.0682. The highest BCUT2D eigenvalue weighted by Crippen LogP contribution is 2.29. The lowest BCUT2D eigenvalue weighted by Crippen LogP contribution is -2.29. The van der Waals surface area contributed by atoms with Crippen LogP contribution in [0, 0.1) is 5.92 Å². The van der Waals surface area contributed by atoms with Crippen LogP contribution >= 0.6 is 11.6 Å². The van der Waals surface area contributed by atoms with Crippen LogP contribution < -0.4 is 5.32 Å². The quantitative estimate of drug-likeness (QED) is 0.820. The molecule has 2 atom stereocenters. The van der Waals surface area contributed by atoms with Gasteiger partial charge in [-0.2, -0.15) is 0 Å². The summed E-state index contributed by atoms with van der Waals surface area (Å²) >= 11 is 5.80. The van der Waals surface area contributed by atoms with Gasteiger partial charge in [-0.1, -0.05) is 23.7 Å². The van der Waals surface area contributed by atoms with Gasteiger partial charge in [0.25, 0.3) is 0 Å². The molecule has 1 aromatic carbocycles. The lowest BCUT2D eigenvalue weighted by molar-refractivity contribution is 0.152. The van der Waals surface area contributed by atoms with Crippen LogP contribution in [-0.4, -0.2) is 18.8 Å². The molecule has 1 heterocycles. The Hall–Kier alpha value is -0.600. The van der Waals surface area contributed by atoms with Crippen molar-refractivity contribution in [2.75, 3.05) is 13.1 Å². The molecule has 1 fully saturated rings. The number of nitrogens with one attached hydrogen (secondary N) is 1. The molecular weight excluding hydrogens is 213 g/mol. The fraction of sp³-hybridized carbons (Fsp3) is 0.500. The van der Waals surface area contributed by atoms with E-state index >= 15 is 0 Å². The molecule has 2 rings (SSSR count). The van der Waals surface area contributed by atoms with Crippen LogP contribution in [0.1, 0.15) is 12.5 Å². The van der Waals surface area contributed by atoms with Gasteiger partial charge < -0.3 is 5.32 Å². The molecule has 0 aromatic heterocycles. The van der Waals surface area contributed by atoms with Crippen LogP contribution in [0.4, 0.5) is 4.39 Å². The van der Waals surface area contributed by atoms with Crippen molar-refractivity contribution in [3.63, 3.8) is 0 Å². The van der Waals surface area contributed by atoms with Crippen LogP contribution in [0.2, 0.25) is 5.02 Å². The summed E-state index contributed by atoms with van der Waals surface area (Å²) < 4.78 is 14.0. The van der Waals surface area contributed by atoms with E-state index in [-0.39, 0.29) is 5.92 Å². The second kappa shape index (κ2) is 4.11. The molecule has 1 aliphatic heterocycles. The molecule has 1 aromatic rings. The van der Waals surface area contributed by atoms with Crippen molar-refractivity contribution in [2.45, 2.75) is 19.0 Å². The topological polar surface area (TPSA) is 12.0 Å². The minimum absolute atomic E-state index is 0.0682. The molecule has 1 nitrogen and oxygen atoms in total. The van der Waals surface area contributed by atoms with Crippen molar-refractivity contribution < 1.29 is 4.39 Å². The molecule has 0 amide bonds. The first-order valence-electron chi connectivity index (χ1n) is 5.22. The lowest BCUT2D eigenvalue weighted by Gasteiger charge is -2.21. The van der Waals surface area contributed by atoms with Crippen LogP contribution in [0.15, 0.2) is 24.3 Å². The first-order chi connectivity index (χ1) is 7.08. The van der Waals surface area contributed by atoms with Crippen molar-refractivity contribution in [1.29, 1.82) is 0 Å². The average molecular weight is 228 g/mol. The molecule has 2 unspecified atom stereocenters. The van der Waals surface area contributed by atoms with E-state index in [1.165, 1.54) is 0 Å². The Kier molecular flexibility index (Phi) is 2.98. The third kappa shape index (κ3) is 2.50. The number of halogens is 2. The van der Waals surface area contributed by atoms with Gasteiger partial charge in [0.15, 0.2) is 0 Å². The summed E-state index contributed by atoms with van der Waals surface area (Å²) in [6, 6.07) is 7.65. The highest BCUT2D eigenvalue weighted by Gasteiger charge is 2.38. The van der Waals surface area contributed by atoms with Crippen molar-refractivity contribution in [2.24, 2.45) is 5.92 Å². The van der Waals surface area contributed by atoms with E-state index in [0.29, 0.717) is 6.54 Å². The van der Waals surface area contributed by atoms with E-state index in [2.05, 4.69) is 5.32 Å². The van der Waals surface area contributed by atoms with Crippen LogP contribution in [0.3, 0.4) is 0 Å². The number of rotatable bonds is 2. The van der Waals surface area contributed by atoms with Crippen LogP contribution in [0.5, 0.6) is 0 Å². The van der Waals surface area contributed by atoms with Crippen molar-refractivity contribution in [3.8, 4) is 0 Å². The maximum Gasteiger partial charge on any atom is 0.124 e. The molecule has 82 valence electrons. The summed E-state index contributed by atoms with van der Waals surface area (Å²) in [4.78, 5) is 0. The van der Waals surface area contributed by atoms with Gasteiger partial charge in [0.05, 0.1) is 0 Å². The van der Waals surface area contributed by atoms with Crippen LogP contribution in [-0.2, 0) is 6.42 Å². The second-order valence-electron chi connectivity index (χ2n) is 4.44. The molecule has 0 aliphatic carbocycles. The van der Waals surface area contributed by atoms with Gasteiger partial charge in [-0.15, -0.1) is 0 Å². The Morgan fingerprint density at radius 3 is 2.67 bits per heavy atom. The van der Waals surface area contributed by atoms with E-state index < -0.39 is 5.67 Å². The van der Waals surface area contributed by atoms with Crippen molar-refractivity contribution in [1.82, 2.24) is 5.32 Å². The molecule has 0 radical (unpaired) electrons. The summed E-state index contributed by atoms with van der Waals surface area (Å²) in [7, 11) is 0. The van der Waals surface area contributed by atoms with Gasteiger partial charge in [-0.25, -0.2) is 4.39 Å². The number of benzene rings is 1. The van der Waals surface area contributed by atoms with E-state index in [0.717, 1.165) is 23.6 Å². The minimum atomic E-state index is -1.08. The van der Waals surface area contributed by atoms with Crippen molar-refractivity contribution in [3.05, 3.63) is 34.9 Å². The monoisotopic (exact) mass is 227 g/mol. The zero-order valence-corrected chi connectivity index (χ0v) is 9.52. The molecule has 0 bridgehead atoms. The predicted molar refractivity (Wildman–Crippen MR) is 61.0 cm³/mol. The van der Waals surface area contributed by atoms with E-state index in [9.17, 15) is 4.39 Å². The number of alkyl halides is 1. The van der Waals surface area contributed by atoms with Gasteiger partial charge in [0.1, 0.15) is 5.67 Å². The molecule has 0 spiro atoms. The summed E-state index contributed by atoms with van der Waals surface area (Å²) in [6.07, 6.45) is 0.775. The summed E-state index contributed by atoms with van der Waals surface area (Å²) in [5.41, 5.74) is 0.0663. The Balaban J connectivity index is 2.06. The Labute approximate surface area is 94.6 Å². The van der Waals surface area contributed by atoms with Crippen molar-refractivity contribution >= 4 is 11.6 Å². The normalized spacial score (nSPS) is 30.7. The highest BCUT2D eigenvalue weighted by molar-refractivity contribution is 6.30. The third-order valence-corrected chi connectivity index (χ3v) is 3.36. The highest BCUT2D eigenvalue weighted by atomic mass is 35.5. The van der Waals surface area contributed by atoms with Gasteiger partial charge >= 0.3 is 0 Å². The average Bonchev–Trinajstić information content (AvgIpc) is 2.50.